The van der Waals surface area contributed by atoms with Gasteiger partial charge in [0.2, 0.25) is 5.91 Å². The van der Waals surface area contributed by atoms with Crippen molar-refractivity contribution in [2.45, 2.75) is 6.42 Å². The average molecular weight is 321 g/mol. The van der Waals surface area contributed by atoms with Crippen LogP contribution in [0.5, 0.6) is 5.75 Å². The number of aromatic hydroxyl groups is 1. The van der Waals surface area contributed by atoms with E-state index in [0.29, 0.717) is 12.2 Å². The Balaban J connectivity index is 1.87. The molecule has 1 amide bonds. The van der Waals surface area contributed by atoms with Crippen molar-refractivity contribution in [3.63, 3.8) is 0 Å². The molecule has 0 aromatic heterocycles. The van der Waals surface area contributed by atoms with E-state index < -0.39 is 11.9 Å². The van der Waals surface area contributed by atoms with E-state index in [1.54, 1.807) is 12.1 Å². The number of hydrogen-bond donors (Lipinski definition) is 3. The van der Waals surface area contributed by atoms with Crippen LogP contribution in [-0.4, -0.2) is 71.7 Å². The van der Waals surface area contributed by atoms with Crippen LogP contribution in [0.1, 0.15) is 6.42 Å². The molecule has 1 aromatic carbocycles. The second-order valence-electron chi connectivity index (χ2n) is 5.94. The van der Waals surface area contributed by atoms with Gasteiger partial charge in [0.25, 0.3) is 0 Å². The quantitative estimate of drug-likeness (QED) is 0.667. The van der Waals surface area contributed by atoms with Crippen LogP contribution in [0.15, 0.2) is 24.3 Å². The minimum absolute atomic E-state index is 0.0669. The molecule has 1 fully saturated rings. The van der Waals surface area contributed by atoms with Crippen LogP contribution in [0.4, 0.5) is 5.69 Å². The van der Waals surface area contributed by atoms with Crippen molar-refractivity contribution in [3.05, 3.63) is 24.3 Å². The Morgan fingerprint density at radius 2 is 1.78 bits per heavy atom. The third-order valence-electron chi connectivity index (χ3n) is 4.01. The minimum Gasteiger partial charge on any atom is -0.508 e. The number of likely N-dealkylation sites (N-methyl/N-ethyl adjacent to an activating group) is 1. The minimum atomic E-state index is -0.954. The van der Waals surface area contributed by atoms with E-state index in [2.05, 4.69) is 15.1 Å². The maximum atomic E-state index is 12.0. The predicted octanol–water partition coefficient (Wildman–Crippen LogP) is 0.669. The standard InChI is InChI=1S/C16H23N3O4/c1-18-6-8-19(9-7-18)11-12(16(22)23)10-15(21)17-13-2-4-14(20)5-3-13/h2-5,12,20H,6-11H2,1H3,(H,17,21)(H,22,23). The summed E-state index contributed by atoms with van der Waals surface area (Å²) in [5.74, 6) is -1.90. The summed E-state index contributed by atoms with van der Waals surface area (Å²) in [6.45, 7) is 3.84. The first-order chi connectivity index (χ1) is 10.9. The van der Waals surface area contributed by atoms with E-state index >= 15 is 0 Å². The maximum Gasteiger partial charge on any atom is 0.308 e. The van der Waals surface area contributed by atoms with Gasteiger partial charge in [-0.05, 0) is 31.3 Å². The summed E-state index contributed by atoms with van der Waals surface area (Å²) < 4.78 is 0. The Kier molecular flexibility index (Phi) is 5.95. The predicted molar refractivity (Wildman–Crippen MR) is 86.4 cm³/mol. The molecule has 0 aliphatic carbocycles. The zero-order chi connectivity index (χ0) is 16.8. The molecule has 0 bridgehead atoms. The number of carboxylic acids is 1. The van der Waals surface area contributed by atoms with Crippen molar-refractivity contribution in [2.24, 2.45) is 5.92 Å². The molecule has 3 N–H and O–H groups in total. The van der Waals surface area contributed by atoms with Gasteiger partial charge in [0.1, 0.15) is 5.75 Å². The number of hydrogen-bond acceptors (Lipinski definition) is 5. The molecule has 1 aliphatic heterocycles. The SMILES string of the molecule is CN1CCN(CC(CC(=O)Nc2ccc(O)cc2)C(=O)O)CC1. The van der Waals surface area contributed by atoms with Gasteiger partial charge in [0.05, 0.1) is 5.92 Å². The molecule has 1 saturated heterocycles. The summed E-state index contributed by atoms with van der Waals surface area (Å²) in [5, 5.41) is 21.2. The third kappa shape index (κ3) is 5.54. The van der Waals surface area contributed by atoms with Gasteiger partial charge in [0.15, 0.2) is 0 Å². The number of carbonyl (C=O) groups is 2. The van der Waals surface area contributed by atoms with Crippen LogP contribution in [0.2, 0.25) is 0 Å². The van der Waals surface area contributed by atoms with E-state index in [1.807, 2.05) is 7.05 Å². The lowest BCUT2D eigenvalue weighted by Gasteiger charge is -2.33. The number of piperazine rings is 1. The first kappa shape index (κ1) is 17.2. The highest BCUT2D eigenvalue weighted by Gasteiger charge is 2.25. The van der Waals surface area contributed by atoms with E-state index in [1.165, 1.54) is 12.1 Å². The number of phenols is 1. The maximum absolute atomic E-state index is 12.0. The van der Waals surface area contributed by atoms with Crippen molar-refractivity contribution in [2.75, 3.05) is 45.1 Å². The lowest BCUT2D eigenvalue weighted by atomic mass is 10.0. The first-order valence-electron chi connectivity index (χ1n) is 7.66. The molecule has 1 aromatic rings. The van der Waals surface area contributed by atoms with Gasteiger partial charge < -0.3 is 20.4 Å². The summed E-state index contributed by atoms with van der Waals surface area (Å²) in [7, 11) is 2.04. The van der Waals surface area contributed by atoms with Gasteiger partial charge in [0, 0.05) is 44.8 Å². The average Bonchev–Trinajstić information content (AvgIpc) is 2.51. The third-order valence-corrected chi connectivity index (χ3v) is 4.01. The highest BCUT2D eigenvalue weighted by molar-refractivity contribution is 5.93. The number of carboxylic acid groups (broad SMARTS) is 1. The van der Waals surface area contributed by atoms with E-state index in [0.717, 1.165) is 26.2 Å². The molecule has 7 heteroatoms. The number of nitrogens with zero attached hydrogens (tertiary/aromatic N) is 2. The smallest absolute Gasteiger partial charge is 0.308 e. The number of aliphatic carboxylic acids is 1. The zero-order valence-corrected chi connectivity index (χ0v) is 13.2. The summed E-state index contributed by atoms with van der Waals surface area (Å²) in [6.07, 6.45) is -0.0669. The Labute approximate surface area is 135 Å². The number of amides is 1. The van der Waals surface area contributed by atoms with Crippen LogP contribution < -0.4 is 5.32 Å². The van der Waals surface area contributed by atoms with Crippen LogP contribution in [-0.2, 0) is 9.59 Å². The molecule has 0 spiro atoms. The van der Waals surface area contributed by atoms with E-state index in [-0.39, 0.29) is 18.1 Å². The van der Waals surface area contributed by atoms with E-state index in [4.69, 9.17) is 0 Å². The molecule has 0 radical (unpaired) electrons. The monoisotopic (exact) mass is 321 g/mol. The van der Waals surface area contributed by atoms with Crippen molar-refractivity contribution in [1.29, 1.82) is 0 Å². The second kappa shape index (κ2) is 7.94. The summed E-state index contributed by atoms with van der Waals surface area (Å²) in [6, 6.07) is 6.08. The van der Waals surface area contributed by atoms with Gasteiger partial charge in [-0.25, -0.2) is 0 Å². The van der Waals surface area contributed by atoms with Crippen molar-refractivity contribution < 1.29 is 19.8 Å². The molecule has 7 nitrogen and oxygen atoms in total. The van der Waals surface area contributed by atoms with Gasteiger partial charge in [-0.1, -0.05) is 0 Å². The number of carbonyl (C=O) groups excluding carboxylic acids is 1. The number of benzene rings is 1. The molecular weight excluding hydrogens is 298 g/mol. The lowest BCUT2D eigenvalue weighted by Crippen LogP contribution is -2.47. The molecule has 0 saturated carbocycles. The highest BCUT2D eigenvalue weighted by Crippen LogP contribution is 2.15. The zero-order valence-electron chi connectivity index (χ0n) is 13.2. The normalized spacial score (nSPS) is 17.6. The topological polar surface area (TPSA) is 93.1 Å². The summed E-state index contributed by atoms with van der Waals surface area (Å²) in [5.41, 5.74) is 0.538. The molecule has 2 rings (SSSR count). The van der Waals surface area contributed by atoms with Crippen LogP contribution >= 0.6 is 0 Å². The molecule has 1 aliphatic rings. The summed E-state index contributed by atoms with van der Waals surface area (Å²) >= 11 is 0. The molecule has 1 atom stereocenters. The van der Waals surface area contributed by atoms with Gasteiger partial charge >= 0.3 is 5.97 Å². The first-order valence-corrected chi connectivity index (χ1v) is 7.66. The number of nitrogens with one attached hydrogen (secondary N) is 1. The molecule has 23 heavy (non-hydrogen) atoms. The van der Waals surface area contributed by atoms with Gasteiger partial charge in [-0.15, -0.1) is 0 Å². The Hall–Kier alpha value is -2.12. The molecular formula is C16H23N3O4. The van der Waals surface area contributed by atoms with Crippen molar-refractivity contribution in [1.82, 2.24) is 9.80 Å². The number of anilines is 1. The number of phenolic OH excluding ortho intramolecular Hbond substituents is 1. The van der Waals surface area contributed by atoms with Crippen molar-refractivity contribution >= 4 is 17.6 Å². The fourth-order valence-electron chi connectivity index (χ4n) is 2.55. The second-order valence-corrected chi connectivity index (χ2v) is 5.94. The van der Waals surface area contributed by atoms with Crippen molar-refractivity contribution in [3.8, 4) is 5.75 Å². The Morgan fingerprint density at radius 3 is 2.35 bits per heavy atom. The van der Waals surface area contributed by atoms with Crippen LogP contribution in [0.3, 0.4) is 0 Å². The van der Waals surface area contributed by atoms with Crippen LogP contribution in [0, 0.1) is 5.92 Å². The fraction of sp³-hybridized carbons (Fsp3) is 0.500. The van der Waals surface area contributed by atoms with Gasteiger partial charge in [-0.2, -0.15) is 0 Å². The van der Waals surface area contributed by atoms with Gasteiger partial charge in [-0.3, -0.25) is 14.5 Å². The Morgan fingerprint density at radius 1 is 1.17 bits per heavy atom. The van der Waals surface area contributed by atoms with Crippen LogP contribution in [0.25, 0.3) is 0 Å². The molecule has 1 unspecified atom stereocenters. The van der Waals surface area contributed by atoms with E-state index in [9.17, 15) is 19.8 Å². The summed E-state index contributed by atoms with van der Waals surface area (Å²) in [4.78, 5) is 27.8. The molecule has 126 valence electrons. The Bertz CT molecular complexity index is 539. The largest absolute Gasteiger partial charge is 0.508 e. The highest BCUT2D eigenvalue weighted by atomic mass is 16.4. The molecule has 1 heterocycles. The fourth-order valence-corrected chi connectivity index (χ4v) is 2.55. The lowest BCUT2D eigenvalue weighted by molar-refractivity contribution is -0.144. The number of rotatable bonds is 6.